The molecule has 0 amide bonds. The van der Waals surface area contributed by atoms with E-state index >= 15 is 0 Å². The van der Waals surface area contributed by atoms with Crippen LogP contribution in [-0.2, 0) is 9.47 Å². The lowest BCUT2D eigenvalue weighted by Crippen LogP contribution is -2.42. The van der Waals surface area contributed by atoms with Crippen LogP contribution in [0, 0.1) is 12.3 Å². The molecule has 0 aliphatic carbocycles. The predicted octanol–water partition coefficient (Wildman–Crippen LogP) is 2.42. The summed E-state index contributed by atoms with van der Waals surface area (Å²) in [4.78, 5) is 0.343. The van der Waals surface area contributed by atoms with Crippen molar-refractivity contribution in [3.8, 4) is 12.3 Å². The van der Waals surface area contributed by atoms with E-state index in [9.17, 15) is 5.11 Å². The third kappa shape index (κ3) is 3.61. The van der Waals surface area contributed by atoms with Gasteiger partial charge >= 0.3 is 0 Å². The summed E-state index contributed by atoms with van der Waals surface area (Å²) in [5.41, 5.74) is 0. The average Bonchev–Trinajstić information content (AvgIpc) is 2.80. The molecule has 0 aromatic rings. The third-order valence-electron chi connectivity index (χ3n) is 3.86. The van der Waals surface area contributed by atoms with Gasteiger partial charge in [-0.1, -0.05) is 34.9 Å². The molecular formula is C15H21BrO3. The highest BCUT2D eigenvalue weighted by atomic mass is 79.9. The molecule has 0 spiro atoms. The highest BCUT2D eigenvalue weighted by molar-refractivity contribution is 9.09. The van der Waals surface area contributed by atoms with E-state index in [4.69, 9.17) is 15.9 Å². The van der Waals surface area contributed by atoms with Crippen LogP contribution in [0.1, 0.15) is 32.6 Å². The molecule has 2 aliphatic rings. The van der Waals surface area contributed by atoms with Crippen molar-refractivity contribution in [3.63, 3.8) is 0 Å². The number of terminal acetylenes is 1. The molecule has 0 aromatic heterocycles. The molecule has 2 fully saturated rings. The molecule has 19 heavy (non-hydrogen) atoms. The van der Waals surface area contributed by atoms with Gasteiger partial charge in [-0.05, 0) is 25.3 Å². The van der Waals surface area contributed by atoms with Crippen LogP contribution in [-0.4, -0.2) is 40.5 Å². The fourth-order valence-electron chi connectivity index (χ4n) is 2.81. The number of hydrogen-bond acceptors (Lipinski definition) is 3. The normalized spacial score (nSPS) is 40.0. The number of aliphatic hydroxyl groups is 1. The van der Waals surface area contributed by atoms with Crippen LogP contribution in [0.25, 0.3) is 0 Å². The molecule has 0 bridgehead atoms. The van der Waals surface area contributed by atoms with Crippen molar-refractivity contribution >= 4 is 15.9 Å². The summed E-state index contributed by atoms with van der Waals surface area (Å²) >= 11 is 3.66. The molecular weight excluding hydrogens is 308 g/mol. The summed E-state index contributed by atoms with van der Waals surface area (Å²) in [6.07, 6.45) is 11.6. The van der Waals surface area contributed by atoms with Gasteiger partial charge < -0.3 is 14.6 Å². The topological polar surface area (TPSA) is 38.7 Å². The van der Waals surface area contributed by atoms with Crippen LogP contribution >= 0.6 is 15.9 Å². The van der Waals surface area contributed by atoms with E-state index in [2.05, 4.69) is 28.8 Å². The van der Waals surface area contributed by atoms with Crippen molar-refractivity contribution in [2.45, 2.75) is 68.0 Å². The first-order valence-corrected chi connectivity index (χ1v) is 7.81. The first kappa shape index (κ1) is 15.1. The fraction of sp³-hybridized carbons (Fsp3) is 0.733. The lowest BCUT2D eigenvalue weighted by Gasteiger charge is -2.34. The molecule has 6 atom stereocenters. The second-order valence-electron chi connectivity index (χ2n) is 5.19. The van der Waals surface area contributed by atoms with Gasteiger partial charge in [0.1, 0.15) is 0 Å². The van der Waals surface area contributed by atoms with Gasteiger partial charge in [0.15, 0.2) is 0 Å². The van der Waals surface area contributed by atoms with Gasteiger partial charge in [-0.25, -0.2) is 0 Å². The third-order valence-corrected chi connectivity index (χ3v) is 4.83. The summed E-state index contributed by atoms with van der Waals surface area (Å²) < 4.78 is 12.0. The molecule has 0 aromatic carbocycles. The number of aliphatic hydroxyl groups excluding tert-OH is 1. The van der Waals surface area contributed by atoms with Crippen molar-refractivity contribution in [3.05, 3.63) is 12.2 Å². The Morgan fingerprint density at radius 2 is 2.16 bits per heavy atom. The van der Waals surface area contributed by atoms with Crippen LogP contribution in [0.2, 0.25) is 0 Å². The minimum absolute atomic E-state index is 0.100. The largest absolute Gasteiger partial charge is 0.390 e. The van der Waals surface area contributed by atoms with Gasteiger partial charge in [0, 0.05) is 11.2 Å². The van der Waals surface area contributed by atoms with Crippen molar-refractivity contribution < 1.29 is 14.6 Å². The Morgan fingerprint density at radius 1 is 1.42 bits per heavy atom. The molecule has 1 N–H and O–H groups in total. The van der Waals surface area contributed by atoms with Crippen molar-refractivity contribution in [2.24, 2.45) is 0 Å². The highest BCUT2D eigenvalue weighted by Gasteiger charge is 2.45. The predicted molar refractivity (Wildman–Crippen MR) is 78.2 cm³/mol. The van der Waals surface area contributed by atoms with Crippen LogP contribution < -0.4 is 0 Å². The van der Waals surface area contributed by atoms with E-state index in [1.165, 1.54) is 0 Å². The van der Waals surface area contributed by atoms with Crippen LogP contribution in [0.5, 0.6) is 0 Å². The summed E-state index contributed by atoms with van der Waals surface area (Å²) in [6.45, 7) is 2.13. The number of halogens is 1. The molecule has 2 rings (SSSR count). The smallest absolute Gasteiger partial charge is 0.0867 e. The van der Waals surface area contributed by atoms with Gasteiger partial charge in [0.05, 0.1) is 30.5 Å². The van der Waals surface area contributed by atoms with E-state index in [1.807, 2.05) is 0 Å². The molecule has 0 radical (unpaired) electrons. The number of ether oxygens (including phenoxy) is 2. The Bertz CT molecular complexity index is 363. The zero-order chi connectivity index (χ0) is 13.8. The average molecular weight is 329 g/mol. The standard InChI is InChI=1S/C15H21BrO3/c1-3-5-6-7-11(17)13-9-15-14(19-13)8-10(16)12(4-2)18-15/h1,5-6,10-15,17H,4,7-9H2,2H3/b6-5+. The monoisotopic (exact) mass is 328 g/mol. The Morgan fingerprint density at radius 3 is 2.84 bits per heavy atom. The SMILES string of the molecule is C#C/C=C/CC(O)C1CC2OC(CC)C(Br)CC2O1. The first-order chi connectivity index (χ1) is 9.15. The summed E-state index contributed by atoms with van der Waals surface area (Å²) in [5, 5.41) is 10.1. The molecule has 0 saturated carbocycles. The lowest BCUT2D eigenvalue weighted by atomic mass is 9.97. The Kier molecular flexibility index (Phi) is 5.47. The van der Waals surface area contributed by atoms with Gasteiger partial charge in [0.2, 0.25) is 0 Å². The number of alkyl halides is 1. The molecule has 6 unspecified atom stereocenters. The fourth-order valence-corrected chi connectivity index (χ4v) is 3.68. The first-order valence-electron chi connectivity index (χ1n) is 6.89. The molecule has 106 valence electrons. The van der Waals surface area contributed by atoms with E-state index in [0.29, 0.717) is 11.2 Å². The van der Waals surface area contributed by atoms with Gasteiger partial charge in [-0.15, -0.1) is 6.42 Å². The zero-order valence-corrected chi connectivity index (χ0v) is 12.8. The van der Waals surface area contributed by atoms with Crippen molar-refractivity contribution in [1.29, 1.82) is 0 Å². The maximum Gasteiger partial charge on any atom is 0.0867 e. The number of rotatable bonds is 4. The minimum atomic E-state index is -0.507. The van der Waals surface area contributed by atoms with Crippen LogP contribution in [0.3, 0.4) is 0 Å². The van der Waals surface area contributed by atoms with Crippen LogP contribution in [0.15, 0.2) is 12.2 Å². The number of allylic oxidation sites excluding steroid dienone is 1. The second-order valence-corrected chi connectivity index (χ2v) is 6.37. The molecule has 2 heterocycles. The Hall–Kier alpha value is -0.340. The zero-order valence-electron chi connectivity index (χ0n) is 11.2. The van der Waals surface area contributed by atoms with Crippen LogP contribution in [0.4, 0.5) is 0 Å². The quantitative estimate of drug-likeness (QED) is 0.636. The Balaban J connectivity index is 1.89. The minimum Gasteiger partial charge on any atom is -0.390 e. The maximum atomic E-state index is 10.1. The van der Waals surface area contributed by atoms with Gasteiger partial charge in [0.25, 0.3) is 0 Å². The number of fused-ring (bicyclic) bond motifs is 1. The molecule has 3 nitrogen and oxygen atoms in total. The van der Waals surface area contributed by atoms with Crippen molar-refractivity contribution in [2.75, 3.05) is 0 Å². The number of hydrogen-bond donors (Lipinski definition) is 1. The maximum absolute atomic E-state index is 10.1. The van der Waals surface area contributed by atoms with E-state index < -0.39 is 6.10 Å². The molecule has 2 saturated heterocycles. The second kappa shape index (κ2) is 6.90. The summed E-state index contributed by atoms with van der Waals surface area (Å²) in [6, 6.07) is 0. The van der Waals surface area contributed by atoms with E-state index in [-0.39, 0.29) is 24.4 Å². The summed E-state index contributed by atoms with van der Waals surface area (Å²) in [7, 11) is 0. The van der Waals surface area contributed by atoms with E-state index in [0.717, 1.165) is 19.3 Å². The Labute approximate surface area is 123 Å². The molecule has 4 heteroatoms. The van der Waals surface area contributed by atoms with Gasteiger partial charge in [-0.3, -0.25) is 0 Å². The lowest BCUT2D eigenvalue weighted by molar-refractivity contribution is -0.102. The van der Waals surface area contributed by atoms with Crippen molar-refractivity contribution in [1.82, 2.24) is 0 Å². The summed E-state index contributed by atoms with van der Waals surface area (Å²) in [5.74, 6) is 2.42. The highest BCUT2D eigenvalue weighted by Crippen LogP contribution is 2.37. The van der Waals surface area contributed by atoms with Gasteiger partial charge in [-0.2, -0.15) is 0 Å². The van der Waals surface area contributed by atoms with E-state index in [1.54, 1.807) is 12.2 Å². The molecule has 2 aliphatic heterocycles.